The summed E-state index contributed by atoms with van der Waals surface area (Å²) >= 11 is 9.02. The van der Waals surface area contributed by atoms with Crippen LogP contribution < -0.4 is 11.3 Å². The second kappa shape index (κ2) is 6.63. The molecule has 0 saturated heterocycles. The van der Waals surface area contributed by atoms with Crippen LogP contribution in [0.25, 0.3) is 0 Å². The van der Waals surface area contributed by atoms with Crippen LogP contribution in [0, 0.1) is 11.6 Å². The van der Waals surface area contributed by atoms with Crippen LogP contribution in [-0.2, 0) is 6.42 Å². The highest BCUT2D eigenvalue weighted by Crippen LogP contribution is 2.29. The maximum atomic E-state index is 13.9. The molecule has 0 aromatic heterocycles. The third-order valence-electron chi connectivity index (χ3n) is 3.00. The van der Waals surface area contributed by atoms with E-state index in [0.29, 0.717) is 15.6 Å². The summed E-state index contributed by atoms with van der Waals surface area (Å²) in [6, 6.07) is 8.75. The van der Waals surface area contributed by atoms with Crippen LogP contribution in [0.4, 0.5) is 8.78 Å². The van der Waals surface area contributed by atoms with Crippen molar-refractivity contribution in [2.24, 2.45) is 5.84 Å². The minimum absolute atomic E-state index is 0.0332. The number of hydrogen-bond donors (Lipinski definition) is 2. The minimum atomic E-state index is -0.571. The summed E-state index contributed by atoms with van der Waals surface area (Å²) in [5.74, 6) is 4.56. The standard InChI is InChI=1S/C14H12BrClF2N2/c15-9-4-2-6-11(17)13(9)12(20-19)7-8-3-1-5-10(16)14(8)18/h1-6,12,20H,7,19H2. The molecule has 0 aliphatic carbocycles. The van der Waals surface area contributed by atoms with E-state index in [1.807, 2.05) is 0 Å². The minimum Gasteiger partial charge on any atom is -0.271 e. The van der Waals surface area contributed by atoms with Crippen LogP contribution in [0.3, 0.4) is 0 Å². The first-order valence-electron chi connectivity index (χ1n) is 5.87. The molecule has 2 aromatic carbocycles. The smallest absolute Gasteiger partial charge is 0.145 e. The molecule has 2 nitrogen and oxygen atoms in total. The number of halogens is 4. The molecule has 20 heavy (non-hydrogen) atoms. The Bertz CT molecular complexity index is 602. The van der Waals surface area contributed by atoms with Gasteiger partial charge in [-0.1, -0.05) is 45.7 Å². The highest BCUT2D eigenvalue weighted by molar-refractivity contribution is 9.10. The van der Waals surface area contributed by atoms with E-state index in [-0.39, 0.29) is 11.4 Å². The van der Waals surface area contributed by atoms with Gasteiger partial charge in [-0.15, -0.1) is 0 Å². The van der Waals surface area contributed by atoms with Gasteiger partial charge in [0, 0.05) is 10.0 Å². The summed E-state index contributed by atoms with van der Waals surface area (Å²) in [5.41, 5.74) is 3.24. The molecule has 6 heteroatoms. The van der Waals surface area contributed by atoms with Crippen molar-refractivity contribution >= 4 is 27.5 Å². The van der Waals surface area contributed by atoms with Crippen molar-refractivity contribution in [3.8, 4) is 0 Å². The van der Waals surface area contributed by atoms with Crippen LogP contribution in [0.5, 0.6) is 0 Å². The zero-order valence-corrected chi connectivity index (χ0v) is 12.7. The van der Waals surface area contributed by atoms with Crippen LogP contribution >= 0.6 is 27.5 Å². The van der Waals surface area contributed by atoms with Crippen LogP contribution in [0.1, 0.15) is 17.2 Å². The van der Waals surface area contributed by atoms with Crippen molar-refractivity contribution in [2.75, 3.05) is 0 Å². The monoisotopic (exact) mass is 360 g/mol. The van der Waals surface area contributed by atoms with Crippen molar-refractivity contribution in [2.45, 2.75) is 12.5 Å². The molecule has 0 spiro atoms. The Kier molecular flexibility index (Phi) is 5.10. The van der Waals surface area contributed by atoms with Gasteiger partial charge in [-0.05, 0) is 30.2 Å². The number of rotatable bonds is 4. The van der Waals surface area contributed by atoms with Gasteiger partial charge in [-0.25, -0.2) is 8.78 Å². The van der Waals surface area contributed by atoms with E-state index in [4.69, 9.17) is 17.4 Å². The molecule has 2 rings (SSSR count). The van der Waals surface area contributed by atoms with Crippen molar-refractivity contribution in [3.05, 3.63) is 68.7 Å². The average Bonchev–Trinajstić information content (AvgIpc) is 2.42. The molecule has 1 unspecified atom stereocenters. The highest BCUT2D eigenvalue weighted by Gasteiger charge is 2.20. The molecule has 3 N–H and O–H groups in total. The summed E-state index contributed by atoms with van der Waals surface area (Å²) < 4.78 is 28.4. The first-order chi connectivity index (χ1) is 9.54. The van der Waals surface area contributed by atoms with E-state index in [2.05, 4.69) is 21.4 Å². The predicted molar refractivity (Wildman–Crippen MR) is 79.3 cm³/mol. The topological polar surface area (TPSA) is 38.0 Å². The maximum absolute atomic E-state index is 13.9. The van der Waals surface area contributed by atoms with E-state index >= 15 is 0 Å². The average molecular weight is 362 g/mol. The lowest BCUT2D eigenvalue weighted by atomic mass is 9.98. The van der Waals surface area contributed by atoms with Gasteiger partial charge in [-0.3, -0.25) is 11.3 Å². The highest BCUT2D eigenvalue weighted by atomic mass is 79.9. The van der Waals surface area contributed by atoms with E-state index in [9.17, 15) is 8.78 Å². The summed E-state index contributed by atoms with van der Waals surface area (Å²) in [5, 5.41) is 0.0332. The van der Waals surface area contributed by atoms with E-state index in [1.54, 1.807) is 24.3 Å². The molecule has 0 bridgehead atoms. The molecule has 1 atom stereocenters. The molecule has 0 amide bonds. The van der Waals surface area contributed by atoms with E-state index in [1.165, 1.54) is 12.1 Å². The second-order valence-electron chi connectivity index (χ2n) is 4.27. The molecular weight excluding hydrogens is 350 g/mol. The molecule has 0 aliphatic heterocycles. The number of hydrogen-bond acceptors (Lipinski definition) is 2. The van der Waals surface area contributed by atoms with Crippen molar-refractivity contribution in [3.63, 3.8) is 0 Å². The molecule has 106 valence electrons. The van der Waals surface area contributed by atoms with Gasteiger partial charge in [0.05, 0.1) is 11.1 Å². The lowest BCUT2D eigenvalue weighted by Crippen LogP contribution is -2.30. The summed E-state index contributed by atoms with van der Waals surface area (Å²) in [7, 11) is 0. The first-order valence-corrected chi connectivity index (χ1v) is 7.04. The number of nitrogens with one attached hydrogen (secondary N) is 1. The van der Waals surface area contributed by atoms with E-state index < -0.39 is 17.7 Å². The number of hydrazine groups is 1. The maximum Gasteiger partial charge on any atom is 0.145 e. The van der Waals surface area contributed by atoms with Crippen molar-refractivity contribution < 1.29 is 8.78 Å². The van der Waals surface area contributed by atoms with Crippen LogP contribution in [0.2, 0.25) is 5.02 Å². The Morgan fingerprint density at radius 1 is 1.20 bits per heavy atom. The lowest BCUT2D eigenvalue weighted by Gasteiger charge is -2.19. The number of nitrogens with two attached hydrogens (primary N) is 1. The Balaban J connectivity index is 2.37. The Hall–Kier alpha value is -1.01. The zero-order valence-electron chi connectivity index (χ0n) is 10.3. The summed E-state index contributed by atoms with van der Waals surface area (Å²) in [6.07, 6.45) is 0.183. The Morgan fingerprint density at radius 2 is 1.90 bits per heavy atom. The fraction of sp³-hybridized carbons (Fsp3) is 0.143. The van der Waals surface area contributed by atoms with Gasteiger partial charge in [0.1, 0.15) is 11.6 Å². The zero-order chi connectivity index (χ0) is 14.7. The molecular formula is C14H12BrClF2N2. The van der Waals surface area contributed by atoms with Gasteiger partial charge >= 0.3 is 0 Å². The molecule has 2 aromatic rings. The summed E-state index contributed by atoms with van der Waals surface area (Å²) in [6.45, 7) is 0. The van der Waals surface area contributed by atoms with Crippen molar-refractivity contribution in [1.29, 1.82) is 0 Å². The second-order valence-corrected chi connectivity index (χ2v) is 5.53. The SMILES string of the molecule is NNC(Cc1cccc(Cl)c1F)c1c(F)cccc1Br. The van der Waals surface area contributed by atoms with Gasteiger partial charge in [0.15, 0.2) is 0 Å². The lowest BCUT2D eigenvalue weighted by molar-refractivity contribution is 0.497. The quantitative estimate of drug-likeness (QED) is 0.635. The van der Waals surface area contributed by atoms with Gasteiger partial charge in [0.2, 0.25) is 0 Å². The fourth-order valence-corrected chi connectivity index (χ4v) is 2.83. The third-order valence-corrected chi connectivity index (χ3v) is 3.99. The summed E-state index contributed by atoms with van der Waals surface area (Å²) in [4.78, 5) is 0. The van der Waals surface area contributed by atoms with Gasteiger partial charge in [-0.2, -0.15) is 0 Å². The van der Waals surface area contributed by atoms with Crippen molar-refractivity contribution in [1.82, 2.24) is 5.43 Å². The molecule has 0 fully saturated rings. The van der Waals surface area contributed by atoms with Gasteiger partial charge in [0.25, 0.3) is 0 Å². The van der Waals surface area contributed by atoms with Gasteiger partial charge < -0.3 is 0 Å². The van der Waals surface area contributed by atoms with E-state index in [0.717, 1.165) is 0 Å². The van der Waals surface area contributed by atoms with Crippen LogP contribution in [-0.4, -0.2) is 0 Å². The number of benzene rings is 2. The normalized spacial score (nSPS) is 12.4. The Labute approximate surface area is 129 Å². The fourth-order valence-electron chi connectivity index (χ4n) is 2.01. The third kappa shape index (κ3) is 3.17. The Morgan fingerprint density at radius 3 is 2.55 bits per heavy atom. The molecule has 0 radical (unpaired) electrons. The largest absolute Gasteiger partial charge is 0.271 e. The molecule has 0 aliphatic rings. The molecule has 0 saturated carbocycles. The predicted octanol–water partition coefficient (Wildman–Crippen LogP) is 4.13. The molecule has 0 heterocycles. The van der Waals surface area contributed by atoms with Crippen LogP contribution in [0.15, 0.2) is 40.9 Å². The first kappa shape index (κ1) is 15.4.